The summed E-state index contributed by atoms with van der Waals surface area (Å²) in [5.41, 5.74) is -0.413. The van der Waals surface area contributed by atoms with E-state index >= 15 is 0 Å². The van der Waals surface area contributed by atoms with Gasteiger partial charge in [-0.1, -0.05) is 12.1 Å². The molecule has 1 rings (SSSR count). The number of halogens is 13. The van der Waals surface area contributed by atoms with E-state index in [4.69, 9.17) is 0 Å². The molecule has 0 fully saturated rings. The highest BCUT2D eigenvalue weighted by atomic mass is 19.4. The number of hydrogen-bond donors (Lipinski definition) is 0. The summed E-state index contributed by atoms with van der Waals surface area (Å²) in [5, 5.41) is 0. The van der Waals surface area contributed by atoms with Crippen LogP contribution >= 0.6 is 0 Å². The van der Waals surface area contributed by atoms with Crippen LogP contribution in [0.15, 0.2) is 30.6 Å². The molecule has 154 valence electrons. The van der Waals surface area contributed by atoms with Crippen molar-refractivity contribution in [2.75, 3.05) is 0 Å². The number of alkyl halides is 13. The molecule has 0 spiro atoms. The molecule has 27 heavy (non-hydrogen) atoms. The van der Waals surface area contributed by atoms with E-state index in [1.54, 1.807) is 0 Å². The molecule has 0 bridgehead atoms. The molecule has 0 unspecified atom stereocenters. The Hall–Kier alpha value is -2.02. The van der Waals surface area contributed by atoms with Gasteiger partial charge in [0.25, 0.3) is 0 Å². The molecule has 0 aliphatic heterocycles. The van der Waals surface area contributed by atoms with E-state index in [1.165, 1.54) is 0 Å². The van der Waals surface area contributed by atoms with E-state index < -0.39 is 47.4 Å². The number of rotatable bonds is 6. The Labute approximate surface area is 141 Å². The van der Waals surface area contributed by atoms with Crippen molar-refractivity contribution >= 4 is 6.08 Å². The zero-order chi connectivity index (χ0) is 21.5. The predicted molar refractivity (Wildman–Crippen MR) is 64.1 cm³/mol. The van der Waals surface area contributed by atoms with Crippen LogP contribution in [-0.4, -0.2) is 40.8 Å². The first-order valence-electron chi connectivity index (χ1n) is 6.38. The highest BCUT2D eigenvalue weighted by Crippen LogP contribution is 2.60. The molecular weight excluding hydrogens is 417 g/mol. The lowest BCUT2D eigenvalue weighted by Gasteiger charge is -2.39. The maximum absolute atomic E-state index is 13.4. The fourth-order valence-electron chi connectivity index (χ4n) is 1.56. The minimum Gasteiger partial charge on any atom is -0.264 e. The fourth-order valence-corrected chi connectivity index (χ4v) is 1.56. The lowest BCUT2D eigenvalue weighted by Crippen LogP contribution is -2.69. The topological polar surface area (TPSA) is 12.9 Å². The third kappa shape index (κ3) is 3.57. The molecule has 14 heteroatoms. The second kappa shape index (κ2) is 6.55. The molecule has 1 nitrogen and oxygen atoms in total. The van der Waals surface area contributed by atoms with Crippen molar-refractivity contribution in [1.82, 2.24) is 4.98 Å². The summed E-state index contributed by atoms with van der Waals surface area (Å²) < 4.78 is 167. The van der Waals surface area contributed by atoms with Gasteiger partial charge in [-0.05, 0) is 17.7 Å². The van der Waals surface area contributed by atoms with Gasteiger partial charge < -0.3 is 0 Å². The van der Waals surface area contributed by atoms with E-state index in [0.29, 0.717) is 0 Å². The van der Waals surface area contributed by atoms with Crippen LogP contribution in [0.5, 0.6) is 0 Å². The van der Waals surface area contributed by atoms with Gasteiger partial charge in [-0.2, -0.15) is 57.1 Å². The first-order chi connectivity index (χ1) is 11.8. The molecule has 0 saturated carbocycles. The van der Waals surface area contributed by atoms with Crippen molar-refractivity contribution in [3.63, 3.8) is 0 Å². The van der Waals surface area contributed by atoms with Gasteiger partial charge in [-0.25, -0.2) is 0 Å². The number of hydrogen-bond acceptors (Lipinski definition) is 1. The Kier molecular flexibility index (Phi) is 5.58. The Bertz CT molecular complexity index is 675. The molecule has 0 amide bonds. The average Bonchev–Trinajstić information content (AvgIpc) is 2.52. The number of pyridine rings is 1. The van der Waals surface area contributed by atoms with Crippen molar-refractivity contribution < 1.29 is 57.1 Å². The Morgan fingerprint density at radius 2 is 1.15 bits per heavy atom. The van der Waals surface area contributed by atoms with E-state index in [0.717, 1.165) is 24.5 Å². The first kappa shape index (κ1) is 23.0. The summed E-state index contributed by atoms with van der Waals surface area (Å²) in [6, 6.07) is 2.00. The van der Waals surface area contributed by atoms with E-state index in [2.05, 4.69) is 4.98 Å². The molecule has 1 aromatic rings. The third-order valence-electron chi connectivity index (χ3n) is 3.13. The Balaban J connectivity index is 3.39. The highest BCUT2D eigenvalue weighted by Gasteiger charge is 2.90. The van der Waals surface area contributed by atoms with Gasteiger partial charge in [0.1, 0.15) is 0 Å². The van der Waals surface area contributed by atoms with Crippen molar-refractivity contribution in [2.45, 2.75) is 35.8 Å². The average molecular weight is 423 g/mol. The van der Waals surface area contributed by atoms with Crippen LogP contribution in [-0.2, 0) is 0 Å². The lowest BCUT2D eigenvalue weighted by atomic mass is 9.93. The molecule has 0 saturated heterocycles. The fraction of sp³-hybridized carbons (Fsp3) is 0.462. The van der Waals surface area contributed by atoms with Gasteiger partial charge in [-0.15, -0.1) is 0 Å². The van der Waals surface area contributed by atoms with Crippen molar-refractivity contribution in [3.05, 3.63) is 36.2 Å². The second-order valence-electron chi connectivity index (χ2n) is 5.04. The summed E-state index contributed by atoms with van der Waals surface area (Å²) >= 11 is 0. The standard InChI is InChI=1S/C13H6F13N/c14-8(15,4-3-7-2-1-5-27-6-7)9(16,17)10(18,19)11(20,21)12(22,23)13(24,25)26/h1-6H/b4-3+. The predicted octanol–water partition coefficient (Wildman–Crippen LogP) is 5.83. The minimum atomic E-state index is -7.90. The zero-order valence-corrected chi connectivity index (χ0v) is 12.3. The van der Waals surface area contributed by atoms with E-state index in [1.807, 2.05) is 0 Å². The summed E-state index contributed by atoms with van der Waals surface area (Å²) in [6.07, 6.45) is -6.62. The second-order valence-corrected chi connectivity index (χ2v) is 5.04. The SMILES string of the molecule is FC(F)(F)C(F)(F)C(F)(F)C(F)(F)C(F)(F)C(F)(F)/C=C/c1cccnc1. The molecular formula is C13H6F13N. The largest absolute Gasteiger partial charge is 0.460 e. The zero-order valence-electron chi connectivity index (χ0n) is 12.3. The van der Waals surface area contributed by atoms with Crippen LogP contribution in [0.4, 0.5) is 57.1 Å². The number of nitrogens with zero attached hydrogens (tertiary/aromatic N) is 1. The highest BCUT2D eigenvalue weighted by molar-refractivity contribution is 5.49. The summed E-state index contributed by atoms with van der Waals surface area (Å²) in [4.78, 5) is 3.32. The minimum absolute atomic E-state index is 0.0109. The maximum Gasteiger partial charge on any atom is 0.460 e. The molecule has 1 aromatic heterocycles. The maximum atomic E-state index is 13.4. The van der Waals surface area contributed by atoms with Crippen molar-refractivity contribution in [2.24, 2.45) is 0 Å². The van der Waals surface area contributed by atoms with Crippen LogP contribution in [0.1, 0.15) is 5.56 Å². The number of allylic oxidation sites excluding steroid dienone is 1. The van der Waals surface area contributed by atoms with Gasteiger partial charge in [-0.3, -0.25) is 4.98 Å². The van der Waals surface area contributed by atoms with Crippen LogP contribution in [0.2, 0.25) is 0 Å². The van der Waals surface area contributed by atoms with Gasteiger partial charge in [0.2, 0.25) is 0 Å². The molecule has 0 atom stereocenters. The monoisotopic (exact) mass is 423 g/mol. The molecule has 0 radical (unpaired) electrons. The molecule has 1 heterocycles. The van der Waals surface area contributed by atoms with Gasteiger partial charge >= 0.3 is 35.8 Å². The quantitative estimate of drug-likeness (QED) is 0.525. The first-order valence-corrected chi connectivity index (χ1v) is 6.38. The molecule has 0 aromatic carbocycles. The number of aromatic nitrogens is 1. The van der Waals surface area contributed by atoms with Crippen molar-refractivity contribution in [3.8, 4) is 0 Å². The smallest absolute Gasteiger partial charge is 0.264 e. The van der Waals surface area contributed by atoms with Gasteiger partial charge in [0.05, 0.1) is 0 Å². The van der Waals surface area contributed by atoms with E-state index in [-0.39, 0.29) is 6.08 Å². The van der Waals surface area contributed by atoms with Crippen LogP contribution in [0.3, 0.4) is 0 Å². The van der Waals surface area contributed by atoms with Crippen molar-refractivity contribution in [1.29, 1.82) is 0 Å². The lowest BCUT2D eigenvalue weighted by molar-refractivity contribution is -0.436. The Morgan fingerprint density at radius 3 is 1.56 bits per heavy atom. The van der Waals surface area contributed by atoms with E-state index in [9.17, 15) is 57.1 Å². The summed E-state index contributed by atoms with van der Waals surface area (Å²) in [5.74, 6) is -37.0. The van der Waals surface area contributed by atoms with Crippen LogP contribution in [0.25, 0.3) is 6.08 Å². The van der Waals surface area contributed by atoms with Gasteiger partial charge in [0.15, 0.2) is 0 Å². The van der Waals surface area contributed by atoms with Gasteiger partial charge in [0, 0.05) is 12.4 Å². The Morgan fingerprint density at radius 1 is 0.667 bits per heavy atom. The molecule has 0 aliphatic carbocycles. The molecule has 0 aliphatic rings. The van der Waals surface area contributed by atoms with Crippen LogP contribution < -0.4 is 0 Å². The summed E-state index contributed by atoms with van der Waals surface area (Å²) in [6.45, 7) is 0. The van der Waals surface area contributed by atoms with Crippen LogP contribution in [0, 0.1) is 0 Å². The molecule has 0 N–H and O–H groups in total. The normalized spacial score (nSPS) is 15.4. The third-order valence-corrected chi connectivity index (χ3v) is 3.13. The summed E-state index contributed by atoms with van der Waals surface area (Å²) in [7, 11) is 0.